The summed E-state index contributed by atoms with van der Waals surface area (Å²) in [6.45, 7) is 3.45. The molecule has 2 rings (SSSR count). The first kappa shape index (κ1) is 12.1. The molecule has 0 aliphatic heterocycles. The summed E-state index contributed by atoms with van der Waals surface area (Å²) in [4.78, 5) is 23.2. The van der Waals surface area contributed by atoms with E-state index in [1.54, 1.807) is 32.0 Å². The Balaban J connectivity index is 2.66. The van der Waals surface area contributed by atoms with Gasteiger partial charge >= 0.3 is 5.63 Å². The molecular formula is C15H12O3. The van der Waals surface area contributed by atoms with Crippen molar-refractivity contribution in [2.75, 3.05) is 0 Å². The number of hydrogen-bond acceptors (Lipinski definition) is 3. The molecule has 90 valence electrons. The van der Waals surface area contributed by atoms with Crippen LogP contribution in [0.1, 0.15) is 36.2 Å². The first-order valence-corrected chi connectivity index (χ1v) is 5.69. The maximum Gasteiger partial charge on any atom is 0.347 e. The first-order chi connectivity index (χ1) is 8.65. The summed E-state index contributed by atoms with van der Waals surface area (Å²) in [7, 11) is 0. The molecule has 1 aromatic carbocycles. The fourth-order valence-corrected chi connectivity index (χ4v) is 1.72. The molecular weight excluding hydrogens is 228 g/mol. The van der Waals surface area contributed by atoms with Gasteiger partial charge in [-0.05, 0) is 31.2 Å². The molecule has 1 aromatic heterocycles. The fraction of sp³-hybridized carbons (Fsp3) is 0.200. The third-order valence-corrected chi connectivity index (χ3v) is 2.63. The summed E-state index contributed by atoms with van der Waals surface area (Å²) in [5.41, 5.74) is 0.755. The summed E-state index contributed by atoms with van der Waals surface area (Å²) in [6, 6.07) is 6.91. The van der Waals surface area contributed by atoms with E-state index in [4.69, 9.17) is 4.42 Å². The molecule has 0 unspecified atom stereocenters. The van der Waals surface area contributed by atoms with Gasteiger partial charge in [0, 0.05) is 17.4 Å². The highest BCUT2D eigenvalue weighted by molar-refractivity contribution is 5.98. The molecule has 0 aliphatic carbocycles. The molecule has 3 nitrogen and oxygen atoms in total. The van der Waals surface area contributed by atoms with Gasteiger partial charge in [0.05, 0.1) is 0 Å². The summed E-state index contributed by atoms with van der Waals surface area (Å²) >= 11 is 0. The lowest BCUT2D eigenvalue weighted by Gasteiger charge is -2.00. The van der Waals surface area contributed by atoms with Gasteiger partial charge < -0.3 is 4.42 Å². The Morgan fingerprint density at radius 1 is 1.33 bits per heavy atom. The Hall–Kier alpha value is -2.34. The number of carbonyl (C=O) groups is 1. The van der Waals surface area contributed by atoms with Crippen LogP contribution in [0.3, 0.4) is 0 Å². The Labute approximate surface area is 104 Å². The smallest absolute Gasteiger partial charge is 0.347 e. The van der Waals surface area contributed by atoms with Crippen LogP contribution < -0.4 is 5.63 Å². The van der Waals surface area contributed by atoms with Crippen molar-refractivity contribution in [1.82, 2.24) is 0 Å². The zero-order valence-electron chi connectivity index (χ0n) is 10.2. The van der Waals surface area contributed by atoms with Crippen LogP contribution in [0.2, 0.25) is 0 Å². The SMILES string of the molecule is CC#Cc1ccc2cc(C(=O)CC)c(=O)oc2c1. The average Bonchev–Trinajstić information content (AvgIpc) is 2.37. The molecule has 0 fully saturated rings. The first-order valence-electron chi connectivity index (χ1n) is 5.69. The van der Waals surface area contributed by atoms with Crippen molar-refractivity contribution in [3.63, 3.8) is 0 Å². The van der Waals surface area contributed by atoms with Gasteiger partial charge in [-0.25, -0.2) is 4.79 Å². The quantitative estimate of drug-likeness (QED) is 0.460. The third kappa shape index (κ3) is 2.18. The molecule has 0 atom stereocenters. The molecule has 0 spiro atoms. The maximum atomic E-state index is 11.7. The van der Waals surface area contributed by atoms with E-state index in [0.717, 1.165) is 10.9 Å². The van der Waals surface area contributed by atoms with Crippen LogP contribution in [-0.2, 0) is 0 Å². The minimum atomic E-state index is -0.587. The summed E-state index contributed by atoms with van der Waals surface area (Å²) < 4.78 is 5.16. The molecule has 2 aromatic rings. The van der Waals surface area contributed by atoms with E-state index in [-0.39, 0.29) is 17.8 Å². The lowest BCUT2D eigenvalue weighted by molar-refractivity contribution is 0.0985. The van der Waals surface area contributed by atoms with Crippen molar-refractivity contribution >= 4 is 16.8 Å². The molecule has 0 aliphatic rings. The Kier molecular flexibility index (Phi) is 3.29. The van der Waals surface area contributed by atoms with Crippen molar-refractivity contribution in [2.24, 2.45) is 0 Å². The van der Waals surface area contributed by atoms with Gasteiger partial charge in [0.2, 0.25) is 0 Å². The highest BCUT2D eigenvalue weighted by Gasteiger charge is 2.11. The maximum absolute atomic E-state index is 11.7. The highest BCUT2D eigenvalue weighted by Crippen LogP contribution is 2.16. The molecule has 3 heteroatoms. The standard InChI is InChI=1S/C15H12O3/c1-3-5-10-6-7-11-9-12(13(16)4-2)15(17)18-14(11)8-10/h6-9H,4H2,1-2H3. The van der Waals surface area contributed by atoms with Crippen LogP contribution in [0, 0.1) is 11.8 Å². The zero-order chi connectivity index (χ0) is 13.1. The monoisotopic (exact) mass is 240 g/mol. The second-order valence-corrected chi connectivity index (χ2v) is 3.85. The van der Waals surface area contributed by atoms with Crippen molar-refractivity contribution in [3.05, 3.63) is 45.8 Å². The predicted octanol–water partition coefficient (Wildman–Crippen LogP) is 2.76. The number of ketones is 1. The zero-order valence-corrected chi connectivity index (χ0v) is 10.2. The molecule has 0 radical (unpaired) electrons. The summed E-state index contributed by atoms with van der Waals surface area (Å²) in [5.74, 6) is 5.46. The van der Waals surface area contributed by atoms with Gasteiger partial charge in [0.15, 0.2) is 5.78 Å². The second-order valence-electron chi connectivity index (χ2n) is 3.85. The minimum Gasteiger partial charge on any atom is -0.422 e. The van der Waals surface area contributed by atoms with Crippen LogP contribution in [-0.4, -0.2) is 5.78 Å². The van der Waals surface area contributed by atoms with E-state index >= 15 is 0 Å². The van der Waals surface area contributed by atoms with Crippen LogP contribution in [0.15, 0.2) is 33.5 Å². The molecule has 18 heavy (non-hydrogen) atoms. The number of benzene rings is 1. The molecule has 1 heterocycles. The second kappa shape index (κ2) is 4.89. The van der Waals surface area contributed by atoms with E-state index in [9.17, 15) is 9.59 Å². The Bertz CT molecular complexity index is 727. The predicted molar refractivity (Wildman–Crippen MR) is 69.7 cm³/mol. The van der Waals surface area contributed by atoms with E-state index in [2.05, 4.69) is 11.8 Å². The van der Waals surface area contributed by atoms with Crippen LogP contribution >= 0.6 is 0 Å². The summed E-state index contributed by atoms with van der Waals surface area (Å²) in [5, 5.41) is 0.730. The largest absolute Gasteiger partial charge is 0.422 e. The van der Waals surface area contributed by atoms with Crippen molar-refractivity contribution in [3.8, 4) is 11.8 Å². The minimum absolute atomic E-state index is 0.110. The summed E-state index contributed by atoms with van der Waals surface area (Å²) in [6.07, 6.45) is 0.287. The van der Waals surface area contributed by atoms with Crippen LogP contribution in [0.4, 0.5) is 0 Å². The topological polar surface area (TPSA) is 47.3 Å². The molecule has 0 bridgehead atoms. The van der Waals surface area contributed by atoms with E-state index in [0.29, 0.717) is 5.58 Å². The van der Waals surface area contributed by atoms with Crippen molar-refractivity contribution in [2.45, 2.75) is 20.3 Å². The van der Waals surface area contributed by atoms with E-state index in [1.165, 1.54) is 0 Å². The molecule has 0 saturated carbocycles. The van der Waals surface area contributed by atoms with Gasteiger partial charge in [-0.2, -0.15) is 0 Å². The third-order valence-electron chi connectivity index (χ3n) is 2.63. The van der Waals surface area contributed by atoms with E-state index in [1.807, 2.05) is 6.07 Å². The number of rotatable bonds is 2. The fourth-order valence-electron chi connectivity index (χ4n) is 1.72. The number of Topliss-reactive ketones (excluding diaryl/α,β-unsaturated/α-hetero) is 1. The number of carbonyl (C=O) groups excluding carboxylic acids is 1. The normalized spacial score (nSPS) is 9.89. The average molecular weight is 240 g/mol. The highest BCUT2D eigenvalue weighted by atomic mass is 16.4. The lowest BCUT2D eigenvalue weighted by atomic mass is 10.1. The van der Waals surface area contributed by atoms with Gasteiger partial charge in [0.25, 0.3) is 0 Å². The molecule has 0 N–H and O–H groups in total. The van der Waals surface area contributed by atoms with Crippen molar-refractivity contribution < 1.29 is 9.21 Å². The van der Waals surface area contributed by atoms with Gasteiger partial charge in [-0.15, -0.1) is 5.92 Å². The Morgan fingerprint density at radius 2 is 2.11 bits per heavy atom. The van der Waals surface area contributed by atoms with Gasteiger partial charge in [0.1, 0.15) is 11.1 Å². The molecule has 0 saturated heterocycles. The van der Waals surface area contributed by atoms with Crippen LogP contribution in [0.5, 0.6) is 0 Å². The van der Waals surface area contributed by atoms with Crippen molar-refractivity contribution in [1.29, 1.82) is 0 Å². The number of hydrogen-bond donors (Lipinski definition) is 0. The van der Waals surface area contributed by atoms with Gasteiger partial charge in [-0.1, -0.05) is 12.8 Å². The van der Waals surface area contributed by atoms with Crippen LogP contribution in [0.25, 0.3) is 11.0 Å². The lowest BCUT2D eigenvalue weighted by Crippen LogP contribution is -2.12. The Morgan fingerprint density at radius 3 is 2.78 bits per heavy atom. The van der Waals surface area contributed by atoms with Gasteiger partial charge in [-0.3, -0.25) is 4.79 Å². The molecule has 0 amide bonds. The number of fused-ring (bicyclic) bond motifs is 1. The van der Waals surface area contributed by atoms with E-state index < -0.39 is 5.63 Å².